The van der Waals surface area contributed by atoms with Crippen molar-refractivity contribution in [1.29, 1.82) is 0 Å². The second-order valence-corrected chi connectivity index (χ2v) is 7.44. The largest absolute Gasteiger partial charge is 0.383 e. The van der Waals surface area contributed by atoms with Gasteiger partial charge in [0.1, 0.15) is 0 Å². The Labute approximate surface area is 159 Å². The predicted octanol–water partition coefficient (Wildman–Crippen LogP) is 4.29. The second kappa shape index (κ2) is 8.89. The minimum atomic E-state index is -0.124. The van der Waals surface area contributed by atoms with E-state index in [9.17, 15) is 4.79 Å². The summed E-state index contributed by atoms with van der Waals surface area (Å²) in [4.78, 5) is 16.7. The molecule has 0 aliphatic rings. The molecule has 0 bridgehead atoms. The molecule has 0 saturated heterocycles. The zero-order chi connectivity index (χ0) is 17.7. The second-order valence-electron chi connectivity index (χ2n) is 5.17. The molecule has 0 radical (unpaired) electrons. The Morgan fingerprint density at radius 2 is 2.21 bits per heavy atom. The number of amides is 1. The third-order valence-corrected chi connectivity index (χ3v) is 5.26. The van der Waals surface area contributed by atoms with Crippen LogP contribution in [-0.2, 0) is 16.1 Å². The predicted molar refractivity (Wildman–Crippen MR) is 102 cm³/mol. The van der Waals surface area contributed by atoms with Crippen LogP contribution in [0.25, 0.3) is 0 Å². The van der Waals surface area contributed by atoms with E-state index in [2.05, 4.69) is 30.8 Å². The fraction of sp³-hybridized carbons (Fsp3) is 0.375. The molecule has 1 aromatic carbocycles. The van der Waals surface area contributed by atoms with Gasteiger partial charge in [0.25, 0.3) is 0 Å². The zero-order valence-electron chi connectivity index (χ0n) is 13.7. The van der Waals surface area contributed by atoms with E-state index in [1.165, 1.54) is 11.8 Å². The number of aryl methyl sites for hydroxylation is 1. The van der Waals surface area contributed by atoms with E-state index < -0.39 is 0 Å². The number of hydrogen-bond acceptors (Lipinski definition) is 4. The molecule has 2 rings (SSSR count). The first-order chi connectivity index (χ1) is 11.4. The van der Waals surface area contributed by atoms with Crippen molar-refractivity contribution in [3.8, 4) is 0 Å². The molecule has 0 fully saturated rings. The molecule has 1 aromatic heterocycles. The summed E-state index contributed by atoms with van der Waals surface area (Å²) >= 11 is 10.9. The Kier molecular flexibility index (Phi) is 7.16. The lowest BCUT2D eigenvalue weighted by Gasteiger charge is -2.10. The number of methoxy groups -OCH3 is 1. The fourth-order valence-corrected chi connectivity index (χ4v) is 3.73. The average Bonchev–Trinajstić information content (AvgIpc) is 2.80. The molecule has 1 heterocycles. The molecule has 0 aliphatic carbocycles. The molecular formula is C16H19BrClN3O2S. The van der Waals surface area contributed by atoms with Crippen molar-refractivity contribution in [2.75, 3.05) is 24.8 Å². The highest BCUT2D eigenvalue weighted by atomic mass is 79.9. The number of carbonyl (C=O) groups is 1. The fourth-order valence-electron chi connectivity index (χ4n) is 2.09. The summed E-state index contributed by atoms with van der Waals surface area (Å²) in [6, 6.07) is 5.34. The summed E-state index contributed by atoms with van der Waals surface area (Å²) in [6.45, 7) is 5.30. The van der Waals surface area contributed by atoms with Gasteiger partial charge in [-0.25, -0.2) is 4.98 Å². The number of carbonyl (C=O) groups excluding carboxylic acids is 1. The van der Waals surface area contributed by atoms with Crippen LogP contribution in [0.3, 0.4) is 0 Å². The Bertz CT molecular complexity index is 736. The topological polar surface area (TPSA) is 56.1 Å². The van der Waals surface area contributed by atoms with Gasteiger partial charge in [0.2, 0.25) is 5.91 Å². The summed E-state index contributed by atoms with van der Waals surface area (Å²) < 4.78 is 8.08. The molecule has 130 valence electrons. The zero-order valence-corrected chi connectivity index (χ0v) is 16.9. The number of hydrogen-bond donors (Lipinski definition) is 1. The number of nitrogens with one attached hydrogen (secondary N) is 1. The third kappa shape index (κ3) is 4.99. The van der Waals surface area contributed by atoms with Gasteiger partial charge in [-0.1, -0.05) is 39.3 Å². The van der Waals surface area contributed by atoms with E-state index in [1.54, 1.807) is 19.2 Å². The molecule has 24 heavy (non-hydrogen) atoms. The summed E-state index contributed by atoms with van der Waals surface area (Å²) in [7, 11) is 1.67. The van der Waals surface area contributed by atoms with Gasteiger partial charge >= 0.3 is 0 Å². The van der Waals surface area contributed by atoms with Crippen LogP contribution >= 0.6 is 39.3 Å². The van der Waals surface area contributed by atoms with Crippen LogP contribution in [0.1, 0.15) is 11.4 Å². The first kappa shape index (κ1) is 19.3. The quantitative estimate of drug-likeness (QED) is 0.663. The molecule has 0 saturated carbocycles. The smallest absolute Gasteiger partial charge is 0.234 e. The van der Waals surface area contributed by atoms with Gasteiger partial charge < -0.3 is 14.6 Å². The Balaban J connectivity index is 2.00. The van der Waals surface area contributed by atoms with Gasteiger partial charge in [-0.2, -0.15) is 0 Å². The van der Waals surface area contributed by atoms with Crippen molar-refractivity contribution >= 4 is 50.9 Å². The summed E-state index contributed by atoms with van der Waals surface area (Å²) in [5.74, 6) is 0.135. The van der Waals surface area contributed by atoms with Gasteiger partial charge in [-0.15, -0.1) is 0 Å². The van der Waals surface area contributed by atoms with Gasteiger partial charge in [-0.3, -0.25) is 4.79 Å². The lowest BCUT2D eigenvalue weighted by Crippen LogP contribution is -2.15. The number of rotatable bonds is 7. The van der Waals surface area contributed by atoms with Crippen LogP contribution in [0, 0.1) is 13.8 Å². The van der Waals surface area contributed by atoms with E-state index in [-0.39, 0.29) is 11.7 Å². The number of ether oxygens (including phenoxy) is 1. The number of anilines is 1. The maximum atomic E-state index is 12.2. The minimum Gasteiger partial charge on any atom is -0.383 e. The molecule has 0 unspecified atom stereocenters. The average molecular weight is 433 g/mol. The van der Waals surface area contributed by atoms with E-state index in [4.69, 9.17) is 16.3 Å². The van der Waals surface area contributed by atoms with Crippen molar-refractivity contribution in [3.05, 3.63) is 39.1 Å². The SMILES string of the molecule is COCCn1c(SCC(=O)Nc2ccc(Br)cc2Cl)nc(C)c1C. The molecular weight excluding hydrogens is 414 g/mol. The van der Waals surface area contributed by atoms with Crippen LogP contribution in [0.15, 0.2) is 27.8 Å². The highest BCUT2D eigenvalue weighted by molar-refractivity contribution is 9.10. The molecule has 8 heteroatoms. The standard InChI is InChI=1S/C16H19BrClN3O2S/c1-10-11(2)21(6-7-23-3)16(19-10)24-9-15(22)20-14-5-4-12(17)8-13(14)18/h4-5,8H,6-7,9H2,1-3H3,(H,20,22). The molecule has 5 nitrogen and oxygen atoms in total. The summed E-state index contributed by atoms with van der Waals surface area (Å²) in [5, 5.41) is 4.13. The number of benzene rings is 1. The van der Waals surface area contributed by atoms with E-state index in [1.807, 2.05) is 19.9 Å². The number of thioether (sulfide) groups is 1. The van der Waals surface area contributed by atoms with Crippen molar-refractivity contribution < 1.29 is 9.53 Å². The molecule has 0 aliphatic heterocycles. The van der Waals surface area contributed by atoms with Crippen LogP contribution < -0.4 is 5.32 Å². The van der Waals surface area contributed by atoms with Crippen molar-refractivity contribution in [2.45, 2.75) is 25.5 Å². The minimum absolute atomic E-state index is 0.124. The summed E-state index contributed by atoms with van der Waals surface area (Å²) in [6.07, 6.45) is 0. The van der Waals surface area contributed by atoms with Gasteiger partial charge in [0.05, 0.1) is 28.8 Å². The first-order valence-electron chi connectivity index (χ1n) is 7.32. The Morgan fingerprint density at radius 1 is 1.46 bits per heavy atom. The van der Waals surface area contributed by atoms with Crippen molar-refractivity contribution in [3.63, 3.8) is 0 Å². The Hall–Kier alpha value is -1.02. The normalized spacial score (nSPS) is 10.9. The lowest BCUT2D eigenvalue weighted by atomic mass is 10.3. The van der Waals surface area contributed by atoms with Crippen LogP contribution in [0.2, 0.25) is 5.02 Å². The van der Waals surface area contributed by atoms with E-state index >= 15 is 0 Å². The van der Waals surface area contributed by atoms with Crippen molar-refractivity contribution in [1.82, 2.24) is 9.55 Å². The number of imidazole rings is 1. The maximum absolute atomic E-state index is 12.2. The molecule has 1 amide bonds. The number of aromatic nitrogens is 2. The highest BCUT2D eigenvalue weighted by Crippen LogP contribution is 2.26. The number of halogens is 2. The monoisotopic (exact) mass is 431 g/mol. The molecule has 0 atom stereocenters. The van der Waals surface area contributed by atoms with Gasteiger partial charge in [0, 0.05) is 23.8 Å². The Morgan fingerprint density at radius 3 is 2.88 bits per heavy atom. The number of nitrogens with zero attached hydrogens (tertiary/aromatic N) is 2. The van der Waals surface area contributed by atoms with Crippen LogP contribution in [-0.4, -0.2) is 34.9 Å². The highest BCUT2D eigenvalue weighted by Gasteiger charge is 2.14. The van der Waals surface area contributed by atoms with Gasteiger partial charge in [0.15, 0.2) is 5.16 Å². The van der Waals surface area contributed by atoms with Gasteiger partial charge in [-0.05, 0) is 32.0 Å². The maximum Gasteiger partial charge on any atom is 0.234 e. The molecule has 0 spiro atoms. The summed E-state index contributed by atoms with van der Waals surface area (Å²) in [5.41, 5.74) is 2.65. The van der Waals surface area contributed by atoms with E-state index in [0.717, 1.165) is 21.0 Å². The van der Waals surface area contributed by atoms with Crippen molar-refractivity contribution in [2.24, 2.45) is 0 Å². The molecule has 2 aromatic rings. The molecule has 1 N–H and O–H groups in total. The lowest BCUT2D eigenvalue weighted by molar-refractivity contribution is -0.113. The first-order valence-corrected chi connectivity index (χ1v) is 9.48. The van der Waals surface area contributed by atoms with E-state index in [0.29, 0.717) is 23.9 Å². The third-order valence-electron chi connectivity index (χ3n) is 3.48. The van der Waals surface area contributed by atoms with Crippen LogP contribution in [0.5, 0.6) is 0 Å². The van der Waals surface area contributed by atoms with Crippen LogP contribution in [0.4, 0.5) is 5.69 Å².